The SMILES string of the molecule is Cc1nccc(N)n1.c1cn[nH]c1. The van der Waals surface area contributed by atoms with Gasteiger partial charge in [-0.25, -0.2) is 9.97 Å². The van der Waals surface area contributed by atoms with Crippen molar-refractivity contribution >= 4 is 5.82 Å². The molecule has 0 spiro atoms. The lowest BCUT2D eigenvalue weighted by Crippen LogP contribution is -1.92. The monoisotopic (exact) mass is 177 g/mol. The van der Waals surface area contributed by atoms with Crippen LogP contribution in [0, 0.1) is 6.92 Å². The van der Waals surface area contributed by atoms with E-state index in [1.54, 1.807) is 31.6 Å². The third-order valence-corrected chi connectivity index (χ3v) is 1.20. The van der Waals surface area contributed by atoms with Crippen LogP contribution in [-0.2, 0) is 0 Å². The molecule has 0 saturated heterocycles. The number of H-pyrrole nitrogens is 1. The molecule has 2 rings (SSSR count). The fourth-order valence-corrected chi connectivity index (χ4v) is 0.690. The molecule has 0 aromatic carbocycles. The molecule has 0 aliphatic heterocycles. The second-order valence-corrected chi connectivity index (χ2v) is 2.30. The van der Waals surface area contributed by atoms with Gasteiger partial charge < -0.3 is 5.73 Å². The van der Waals surface area contributed by atoms with Crippen LogP contribution in [0.4, 0.5) is 5.82 Å². The predicted molar refractivity (Wildman–Crippen MR) is 49.8 cm³/mol. The highest BCUT2D eigenvalue weighted by atomic mass is 15.1. The third kappa shape index (κ3) is 3.85. The van der Waals surface area contributed by atoms with E-state index in [0.29, 0.717) is 11.6 Å². The van der Waals surface area contributed by atoms with Gasteiger partial charge in [0.1, 0.15) is 11.6 Å². The van der Waals surface area contributed by atoms with Crippen molar-refractivity contribution in [2.45, 2.75) is 6.92 Å². The molecule has 2 aromatic heterocycles. The molecule has 0 radical (unpaired) electrons. The lowest BCUT2D eigenvalue weighted by molar-refractivity contribution is 1.06. The molecule has 5 heteroatoms. The topological polar surface area (TPSA) is 80.5 Å². The number of nitrogens with zero attached hydrogens (tertiary/aromatic N) is 3. The molecule has 0 bridgehead atoms. The number of nitrogen functional groups attached to an aromatic ring is 1. The van der Waals surface area contributed by atoms with Crippen LogP contribution in [0.3, 0.4) is 0 Å². The number of rotatable bonds is 0. The second-order valence-electron chi connectivity index (χ2n) is 2.30. The molecule has 0 aliphatic rings. The number of aromatic amines is 1. The number of aromatic nitrogens is 4. The van der Waals surface area contributed by atoms with Crippen LogP contribution in [0.15, 0.2) is 30.7 Å². The van der Waals surface area contributed by atoms with E-state index in [1.165, 1.54) is 0 Å². The maximum atomic E-state index is 5.31. The van der Waals surface area contributed by atoms with Crippen LogP contribution < -0.4 is 5.73 Å². The van der Waals surface area contributed by atoms with Crippen molar-refractivity contribution in [3.63, 3.8) is 0 Å². The molecule has 2 heterocycles. The molecule has 3 N–H and O–H groups in total. The van der Waals surface area contributed by atoms with Crippen LogP contribution in [0.1, 0.15) is 5.82 Å². The average molecular weight is 177 g/mol. The first-order chi connectivity index (χ1) is 6.29. The Bertz CT molecular complexity index is 296. The molecule has 0 fully saturated rings. The van der Waals surface area contributed by atoms with Gasteiger partial charge in [0, 0.05) is 18.6 Å². The van der Waals surface area contributed by atoms with Crippen LogP contribution >= 0.6 is 0 Å². The van der Waals surface area contributed by atoms with Crippen molar-refractivity contribution in [2.24, 2.45) is 0 Å². The Balaban J connectivity index is 0.000000145. The van der Waals surface area contributed by atoms with Gasteiger partial charge in [-0.05, 0) is 19.1 Å². The molecule has 0 aliphatic carbocycles. The summed E-state index contributed by atoms with van der Waals surface area (Å²) in [6.45, 7) is 1.80. The summed E-state index contributed by atoms with van der Waals surface area (Å²) < 4.78 is 0. The first-order valence-corrected chi connectivity index (χ1v) is 3.78. The van der Waals surface area contributed by atoms with Crippen LogP contribution in [0.5, 0.6) is 0 Å². The number of hydrogen-bond donors (Lipinski definition) is 2. The molecule has 2 aromatic rings. The fourth-order valence-electron chi connectivity index (χ4n) is 0.690. The highest BCUT2D eigenvalue weighted by Gasteiger charge is 1.84. The number of aryl methyl sites for hydroxylation is 1. The first-order valence-electron chi connectivity index (χ1n) is 3.78. The minimum Gasteiger partial charge on any atom is -0.384 e. The average Bonchev–Trinajstić information content (AvgIpc) is 2.59. The van der Waals surface area contributed by atoms with Crippen molar-refractivity contribution in [2.75, 3.05) is 5.73 Å². The number of nitrogens with one attached hydrogen (secondary N) is 1. The zero-order chi connectivity index (χ0) is 9.52. The van der Waals surface area contributed by atoms with Gasteiger partial charge >= 0.3 is 0 Å². The molecule has 0 unspecified atom stereocenters. The van der Waals surface area contributed by atoms with E-state index in [2.05, 4.69) is 20.2 Å². The highest BCUT2D eigenvalue weighted by molar-refractivity contribution is 5.24. The van der Waals surface area contributed by atoms with Crippen molar-refractivity contribution in [3.05, 3.63) is 36.5 Å². The van der Waals surface area contributed by atoms with Crippen LogP contribution in [-0.4, -0.2) is 20.2 Å². The summed E-state index contributed by atoms with van der Waals surface area (Å²) >= 11 is 0. The Kier molecular flexibility index (Phi) is 3.44. The number of anilines is 1. The Morgan fingerprint density at radius 2 is 2.23 bits per heavy atom. The molecule has 5 nitrogen and oxygen atoms in total. The van der Waals surface area contributed by atoms with Crippen molar-refractivity contribution < 1.29 is 0 Å². The maximum absolute atomic E-state index is 5.31. The van der Waals surface area contributed by atoms with Crippen LogP contribution in [0.2, 0.25) is 0 Å². The zero-order valence-electron chi connectivity index (χ0n) is 7.31. The van der Waals surface area contributed by atoms with E-state index in [4.69, 9.17) is 5.73 Å². The van der Waals surface area contributed by atoms with Gasteiger partial charge in [-0.2, -0.15) is 5.10 Å². The minimum absolute atomic E-state index is 0.525. The third-order valence-electron chi connectivity index (χ3n) is 1.20. The van der Waals surface area contributed by atoms with Gasteiger partial charge in [0.2, 0.25) is 0 Å². The Morgan fingerprint density at radius 1 is 1.38 bits per heavy atom. The van der Waals surface area contributed by atoms with Crippen molar-refractivity contribution in [3.8, 4) is 0 Å². The normalized spacial score (nSPS) is 8.69. The Labute approximate surface area is 76.0 Å². The Hall–Kier alpha value is -1.91. The summed E-state index contributed by atoms with van der Waals surface area (Å²) in [5.74, 6) is 1.24. The predicted octanol–water partition coefficient (Wildman–Crippen LogP) is 0.777. The molecular weight excluding hydrogens is 166 g/mol. The maximum Gasteiger partial charge on any atom is 0.127 e. The molecule has 0 saturated carbocycles. The van der Waals surface area contributed by atoms with Crippen molar-refractivity contribution in [1.29, 1.82) is 0 Å². The fraction of sp³-hybridized carbons (Fsp3) is 0.125. The summed E-state index contributed by atoms with van der Waals surface area (Å²) in [4.78, 5) is 7.69. The van der Waals surface area contributed by atoms with Gasteiger partial charge in [-0.1, -0.05) is 0 Å². The lowest BCUT2D eigenvalue weighted by atomic mass is 10.6. The largest absolute Gasteiger partial charge is 0.384 e. The standard InChI is InChI=1S/C5H7N3.C3H4N2/c1-4-7-3-2-5(6)8-4;1-2-4-5-3-1/h2-3H,1H3,(H2,6,7,8);1-3H,(H,4,5). The highest BCUT2D eigenvalue weighted by Crippen LogP contribution is 1.92. The van der Waals surface area contributed by atoms with E-state index < -0.39 is 0 Å². The zero-order valence-corrected chi connectivity index (χ0v) is 7.31. The summed E-state index contributed by atoms with van der Waals surface area (Å²) in [6.07, 6.45) is 5.09. The molecule has 0 atom stereocenters. The summed E-state index contributed by atoms with van der Waals surface area (Å²) in [5, 5.41) is 6.21. The van der Waals surface area contributed by atoms with E-state index >= 15 is 0 Å². The van der Waals surface area contributed by atoms with E-state index in [1.807, 2.05) is 6.07 Å². The van der Waals surface area contributed by atoms with E-state index in [9.17, 15) is 0 Å². The van der Waals surface area contributed by atoms with Gasteiger partial charge in [-0.15, -0.1) is 0 Å². The van der Waals surface area contributed by atoms with Gasteiger partial charge in [-0.3, -0.25) is 5.10 Å². The second kappa shape index (κ2) is 4.87. The minimum atomic E-state index is 0.525. The van der Waals surface area contributed by atoms with Gasteiger partial charge in [0.05, 0.1) is 0 Å². The van der Waals surface area contributed by atoms with Gasteiger partial charge in [0.15, 0.2) is 0 Å². The first kappa shape index (κ1) is 9.18. The lowest BCUT2D eigenvalue weighted by Gasteiger charge is -1.89. The number of hydrogen-bond acceptors (Lipinski definition) is 4. The molecular formula is C8H11N5. The summed E-state index contributed by atoms with van der Waals surface area (Å²) in [6, 6.07) is 3.49. The molecule has 13 heavy (non-hydrogen) atoms. The molecule has 68 valence electrons. The van der Waals surface area contributed by atoms with Crippen molar-refractivity contribution in [1.82, 2.24) is 20.2 Å². The van der Waals surface area contributed by atoms with Gasteiger partial charge in [0.25, 0.3) is 0 Å². The summed E-state index contributed by atoms with van der Waals surface area (Å²) in [5.41, 5.74) is 5.31. The van der Waals surface area contributed by atoms with Crippen LogP contribution in [0.25, 0.3) is 0 Å². The quantitative estimate of drug-likeness (QED) is 0.623. The summed E-state index contributed by atoms with van der Waals surface area (Å²) in [7, 11) is 0. The number of nitrogens with two attached hydrogens (primary N) is 1. The molecule has 0 amide bonds. The Morgan fingerprint density at radius 3 is 2.54 bits per heavy atom. The van der Waals surface area contributed by atoms with E-state index in [-0.39, 0.29) is 0 Å². The smallest absolute Gasteiger partial charge is 0.127 e. The van der Waals surface area contributed by atoms with E-state index in [0.717, 1.165) is 0 Å².